The summed E-state index contributed by atoms with van der Waals surface area (Å²) in [4.78, 5) is 52.0. The van der Waals surface area contributed by atoms with E-state index in [2.05, 4.69) is 5.32 Å². The topological polar surface area (TPSA) is 152 Å². The Labute approximate surface area is 286 Å². The Morgan fingerprint density at radius 1 is 0.878 bits per heavy atom. The van der Waals surface area contributed by atoms with Crippen LogP contribution in [0.1, 0.15) is 57.8 Å². The zero-order valence-corrected chi connectivity index (χ0v) is 27.1. The number of alkyl carbamates (subject to hydrolysis) is 1. The smallest absolute Gasteiger partial charge is 0.408 e. The molecule has 0 saturated carbocycles. The Kier molecular flexibility index (Phi) is 10.7. The zero-order chi connectivity index (χ0) is 34.3. The van der Waals surface area contributed by atoms with Crippen molar-refractivity contribution in [3.05, 3.63) is 131 Å². The number of carbonyl (C=O) groups excluding carboxylic acids is 3. The molecule has 3 amide bonds. The van der Waals surface area contributed by atoms with Gasteiger partial charge in [-0.2, -0.15) is 0 Å². The minimum atomic E-state index is -1.07. The van der Waals surface area contributed by atoms with Crippen LogP contribution in [0.5, 0.6) is 0 Å². The molecule has 12 heteroatoms. The normalized spacial score (nSPS) is 20.6. The van der Waals surface area contributed by atoms with E-state index in [0.717, 1.165) is 26.5 Å². The van der Waals surface area contributed by atoms with E-state index >= 15 is 0 Å². The first-order chi connectivity index (χ1) is 23.8. The van der Waals surface area contributed by atoms with Gasteiger partial charge in [0.15, 0.2) is 6.29 Å². The summed E-state index contributed by atoms with van der Waals surface area (Å²) in [7, 11) is 0. The summed E-state index contributed by atoms with van der Waals surface area (Å²) < 4.78 is 18.1. The van der Waals surface area contributed by atoms with Crippen molar-refractivity contribution in [3.63, 3.8) is 0 Å². The number of rotatable bonds is 11. The van der Waals surface area contributed by atoms with Gasteiger partial charge in [-0.1, -0.05) is 66.7 Å². The first kappa shape index (κ1) is 33.9. The van der Waals surface area contributed by atoms with Crippen molar-refractivity contribution in [3.8, 4) is 0 Å². The second kappa shape index (κ2) is 15.5. The maximum atomic E-state index is 13.4. The summed E-state index contributed by atoms with van der Waals surface area (Å²) in [5, 5.41) is 21.2. The molecule has 3 N–H and O–H groups in total. The third-order valence-corrected chi connectivity index (χ3v) is 9.35. The molecule has 2 heterocycles. The van der Waals surface area contributed by atoms with Gasteiger partial charge in [0.1, 0.15) is 12.6 Å². The molecular formula is C37H34N2O9S. The molecule has 0 spiro atoms. The number of carboxylic acid groups (broad SMARTS) is 1. The van der Waals surface area contributed by atoms with Crippen LogP contribution in [0, 0.1) is 0 Å². The van der Waals surface area contributed by atoms with Crippen molar-refractivity contribution in [2.45, 2.75) is 55.5 Å². The van der Waals surface area contributed by atoms with E-state index in [9.17, 15) is 29.4 Å². The molecule has 0 aromatic heterocycles. The molecule has 4 aromatic carbocycles. The predicted octanol–water partition coefficient (Wildman–Crippen LogP) is 5.77. The van der Waals surface area contributed by atoms with Gasteiger partial charge in [0.25, 0.3) is 5.91 Å². The highest BCUT2D eigenvalue weighted by Gasteiger charge is 2.41. The molecular weight excluding hydrogens is 648 g/mol. The number of carboxylic acids is 1. The fraction of sp³-hybridized carbons (Fsp3) is 0.243. The van der Waals surface area contributed by atoms with Crippen LogP contribution in [-0.2, 0) is 37.0 Å². The Bertz CT molecular complexity index is 1800. The second-order valence-electron chi connectivity index (χ2n) is 11.6. The summed E-state index contributed by atoms with van der Waals surface area (Å²) >= 11 is 1.53. The van der Waals surface area contributed by atoms with E-state index in [0.29, 0.717) is 23.4 Å². The summed E-state index contributed by atoms with van der Waals surface area (Å²) in [6, 6.07) is 29.0. The SMILES string of the molecule is O=C(NC1CC(=O)N(c2cccc([C@H]3O[C@@H](CSc4ccc(C(=O)O)cc4)C[C@@H](c4ccc(CO)cc4)O3)c2)C1=O)OCc1ccccc1. The first-order valence-corrected chi connectivity index (χ1v) is 16.7. The highest BCUT2D eigenvalue weighted by molar-refractivity contribution is 7.99. The Balaban J connectivity index is 1.16. The molecule has 49 heavy (non-hydrogen) atoms. The number of carbonyl (C=O) groups is 4. The van der Waals surface area contributed by atoms with E-state index in [1.54, 1.807) is 48.5 Å². The van der Waals surface area contributed by atoms with Gasteiger partial charge in [-0.15, -0.1) is 11.8 Å². The van der Waals surface area contributed by atoms with Gasteiger partial charge in [-0.3, -0.25) is 9.59 Å². The zero-order valence-electron chi connectivity index (χ0n) is 26.3. The number of nitrogens with one attached hydrogen (secondary N) is 1. The number of anilines is 1. The van der Waals surface area contributed by atoms with E-state index in [-0.39, 0.29) is 37.4 Å². The fourth-order valence-corrected chi connectivity index (χ4v) is 6.56. The standard InChI is InChI=1S/C37H34N2O9S/c40-20-23-9-11-25(12-10-23)32-18-29(22-49-30-15-13-26(14-16-30)35(43)44)47-36(48-32)27-7-4-8-28(17-27)39-33(41)19-31(34(39)42)38-37(45)46-21-24-5-2-1-3-6-24/h1-17,29,31-32,36,40H,18-22H2,(H,38,45)(H,43,44)/t29-,31?,32+,36+/m1/s1. The minimum absolute atomic E-state index is 0.0255. The maximum Gasteiger partial charge on any atom is 0.408 e. The highest BCUT2D eigenvalue weighted by Crippen LogP contribution is 2.40. The van der Waals surface area contributed by atoms with E-state index in [4.69, 9.17) is 14.2 Å². The number of thioether (sulfide) groups is 1. The van der Waals surface area contributed by atoms with Crippen LogP contribution >= 0.6 is 11.8 Å². The molecule has 0 aliphatic carbocycles. The van der Waals surface area contributed by atoms with Crippen molar-refractivity contribution < 1.29 is 43.6 Å². The van der Waals surface area contributed by atoms with Crippen LogP contribution in [-0.4, -0.2) is 52.0 Å². The molecule has 4 aromatic rings. The average molecular weight is 683 g/mol. The van der Waals surface area contributed by atoms with Gasteiger partial charge in [-0.05, 0) is 53.1 Å². The number of aromatic carboxylic acids is 1. The van der Waals surface area contributed by atoms with Gasteiger partial charge >= 0.3 is 12.1 Å². The maximum absolute atomic E-state index is 13.4. The number of imide groups is 1. The van der Waals surface area contributed by atoms with Crippen molar-refractivity contribution >= 4 is 41.3 Å². The summed E-state index contributed by atoms with van der Waals surface area (Å²) in [5.41, 5.74) is 3.58. The Morgan fingerprint density at radius 2 is 1.63 bits per heavy atom. The lowest BCUT2D eigenvalue weighted by Crippen LogP contribution is -2.42. The number of hydrogen-bond acceptors (Lipinski definition) is 9. The lowest BCUT2D eigenvalue weighted by molar-refractivity contribution is -0.245. The molecule has 252 valence electrons. The van der Waals surface area contributed by atoms with Crippen LogP contribution in [0.15, 0.2) is 108 Å². The second-order valence-corrected chi connectivity index (χ2v) is 12.7. The first-order valence-electron chi connectivity index (χ1n) is 15.7. The molecule has 11 nitrogen and oxygen atoms in total. The molecule has 4 atom stereocenters. The summed E-state index contributed by atoms with van der Waals surface area (Å²) in [6.45, 7) is -0.0544. The van der Waals surface area contributed by atoms with Crippen molar-refractivity contribution in [2.75, 3.05) is 10.7 Å². The van der Waals surface area contributed by atoms with Gasteiger partial charge in [-0.25, -0.2) is 14.5 Å². The molecule has 2 aliphatic heterocycles. The average Bonchev–Trinajstić information content (AvgIpc) is 3.41. The lowest BCUT2D eigenvalue weighted by Gasteiger charge is -2.36. The van der Waals surface area contributed by atoms with Crippen molar-refractivity contribution in [1.82, 2.24) is 5.32 Å². The predicted molar refractivity (Wildman–Crippen MR) is 180 cm³/mol. The summed E-state index contributed by atoms with van der Waals surface area (Å²) in [6.07, 6.45) is -1.95. The van der Waals surface area contributed by atoms with Gasteiger partial charge < -0.3 is 29.7 Å². The number of aliphatic hydroxyl groups excluding tert-OH is 1. The molecule has 2 saturated heterocycles. The lowest BCUT2D eigenvalue weighted by atomic mass is 10.0. The van der Waals surface area contributed by atoms with E-state index in [1.165, 1.54) is 11.8 Å². The molecule has 0 bridgehead atoms. The monoisotopic (exact) mass is 682 g/mol. The van der Waals surface area contributed by atoms with Crippen LogP contribution < -0.4 is 10.2 Å². The number of ether oxygens (including phenoxy) is 3. The molecule has 6 rings (SSSR count). The molecule has 2 aliphatic rings. The van der Waals surface area contributed by atoms with E-state index < -0.39 is 36.2 Å². The third-order valence-electron chi connectivity index (χ3n) is 8.20. The number of nitrogens with zero attached hydrogens (tertiary/aromatic N) is 1. The quantitative estimate of drug-likeness (QED) is 0.131. The molecule has 2 fully saturated rings. The molecule has 0 radical (unpaired) electrons. The van der Waals surface area contributed by atoms with Crippen LogP contribution in [0.4, 0.5) is 10.5 Å². The van der Waals surface area contributed by atoms with Crippen molar-refractivity contribution in [2.24, 2.45) is 0 Å². The van der Waals surface area contributed by atoms with Gasteiger partial charge in [0, 0.05) is 22.6 Å². The van der Waals surface area contributed by atoms with Crippen molar-refractivity contribution in [1.29, 1.82) is 0 Å². The summed E-state index contributed by atoms with van der Waals surface area (Å²) in [5.74, 6) is -1.48. The number of amides is 3. The minimum Gasteiger partial charge on any atom is -0.478 e. The fourth-order valence-electron chi connectivity index (χ4n) is 5.64. The van der Waals surface area contributed by atoms with Crippen LogP contribution in [0.25, 0.3) is 0 Å². The van der Waals surface area contributed by atoms with Gasteiger partial charge in [0.2, 0.25) is 5.91 Å². The van der Waals surface area contributed by atoms with Gasteiger partial charge in [0.05, 0.1) is 36.5 Å². The van der Waals surface area contributed by atoms with Crippen LogP contribution in [0.3, 0.4) is 0 Å². The Morgan fingerprint density at radius 3 is 2.35 bits per heavy atom. The third kappa shape index (κ3) is 8.35. The van der Waals surface area contributed by atoms with E-state index in [1.807, 2.05) is 54.6 Å². The number of hydrogen-bond donors (Lipinski definition) is 3. The highest BCUT2D eigenvalue weighted by atomic mass is 32.2. The molecule has 1 unspecified atom stereocenters. The Hall–Kier alpha value is -5.01. The largest absolute Gasteiger partial charge is 0.478 e. The number of benzene rings is 4. The van der Waals surface area contributed by atoms with Crippen LogP contribution in [0.2, 0.25) is 0 Å². The number of aliphatic hydroxyl groups is 1.